The highest BCUT2D eigenvalue weighted by atomic mass is 16.3. The molecule has 13 heavy (non-hydrogen) atoms. The Morgan fingerprint density at radius 3 is 3.00 bits per heavy atom. The van der Waals surface area contributed by atoms with Crippen LogP contribution in [0.3, 0.4) is 0 Å². The van der Waals surface area contributed by atoms with Crippen molar-refractivity contribution in [3.05, 3.63) is 17.5 Å². The molecule has 0 unspecified atom stereocenters. The average Bonchev–Trinajstić information content (AvgIpc) is 2.45. The van der Waals surface area contributed by atoms with Gasteiger partial charge in [-0.3, -0.25) is 4.68 Å². The lowest BCUT2D eigenvalue weighted by atomic mass is 10.1. The number of aromatic nitrogens is 2. The van der Waals surface area contributed by atoms with Crippen molar-refractivity contribution >= 4 is 0 Å². The van der Waals surface area contributed by atoms with Crippen LogP contribution in [0.4, 0.5) is 0 Å². The quantitative estimate of drug-likeness (QED) is 0.651. The minimum Gasteiger partial charge on any atom is -0.384 e. The Kier molecular flexibility index (Phi) is 1.89. The first kappa shape index (κ1) is 8.72. The number of nitrogens with zero attached hydrogens (tertiary/aromatic N) is 2. The van der Waals surface area contributed by atoms with Gasteiger partial charge < -0.3 is 10.4 Å². The lowest BCUT2D eigenvalue weighted by molar-refractivity contribution is 0.0730. The van der Waals surface area contributed by atoms with Gasteiger partial charge >= 0.3 is 0 Å². The molecule has 0 saturated carbocycles. The molecule has 0 atom stereocenters. The standard InChI is InChI=1S/C9H15N3O/c1-9(2,13)8-5-7-6-10-3-4-12(7)11-8/h5,10,13H,3-4,6H2,1-2H3. The van der Waals surface area contributed by atoms with Gasteiger partial charge in [0.1, 0.15) is 5.60 Å². The van der Waals surface area contributed by atoms with Gasteiger partial charge in [0.2, 0.25) is 0 Å². The van der Waals surface area contributed by atoms with Gasteiger partial charge in [0.05, 0.1) is 17.9 Å². The zero-order valence-electron chi connectivity index (χ0n) is 8.04. The average molecular weight is 181 g/mol. The minimum atomic E-state index is -0.829. The van der Waals surface area contributed by atoms with Crippen molar-refractivity contribution in [2.45, 2.75) is 32.5 Å². The highest BCUT2D eigenvalue weighted by Gasteiger charge is 2.22. The lowest BCUT2D eigenvalue weighted by Gasteiger charge is -2.14. The Labute approximate surface area is 77.6 Å². The van der Waals surface area contributed by atoms with Crippen LogP contribution < -0.4 is 5.32 Å². The Hall–Kier alpha value is -0.870. The molecule has 72 valence electrons. The summed E-state index contributed by atoms with van der Waals surface area (Å²) in [5.74, 6) is 0. The first-order chi connectivity index (χ1) is 6.07. The van der Waals surface area contributed by atoms with Crippen LogP contribution in [0.2, 0.25) is 0 Å². The van der Waals surface area contributed by atoms with Gasteiger partial charge in [-0.15, -0.1) is 0 Å². The number of hydrogen-bond acceptors (Lipinski definition) is 3. The van der Waals surface area contributed by atoms with Gasteiger partial charge in [0.15, 0.2) is 0 Å². The molecule has 4 nitrogen and oxygen atoms in total. The van der Waals surface area contributed by atoms with Gasteiger partial charge in [-0.25, -0.2) is 0 Å². The third kappa shape index (κ3) is 1.59. The Morgan fingerprint density at radius 1 is 1.62 bits per heavy atom. The normalized spacial score (nSPS) is 17.2. The van der Waals surface area contributed by atoms with E-state index >= 15 is 0 Å². The van der Waals surface area contributed by atoms with E-state index in [9.17, 15) is 5.11 Å². The van der Waals surface area contributed by atoms with E-state index in [-0.39, 0.29) is 0 Å². The van der Waals surface area contributed by atoms with E-state index in [1.54, 1.807) is 13.8 Å². The summed E-state index contributed by atoms with van der Waals surface area (Å²) in [6, 6.07) is 1.96. The van der Waals surface area contributed by atoms with Crippen LogP contribution in [0.1, 0.15) is 25.2 Å². The molecule has 0 amide bonds. The number of fused-ring (bicyclic) bond motifs is 1. The van der Waals surface area contributed by atoms with Crippen molar-refractivity contribution in [3.8, 4) is 0 Å². The van der Waals surface area contributed by atoms with Crippen molar-refractivity contribution in [1.29, 1.82) is 0 Å². The summed E-state index contributed by atoms with van der Waals surface area (Å²) in [5, 5.41) is 17.4. The molecule has 0 spiro atoms. The van der Waals surface area contributed by atoms with Crippen LogP contribution in [-0.2, 0) is 18.7 Å². The first-order valence-corrected chi connectivity index (χ1v) is 4.58. The molecule has 2 N–H and O–H groups in total. The maximum absolute atomic E-state index is 9.74. The van der Waals surface area contributed by atoms with E-state index in [0.717, 1.165) is 31.0 Å². The van der Waals surface area contributed by atoms with Gasteiger partial charge in [-0.05, 0) is 19.9 Å². The topological polar surface area (TPSA) is 50.1 Å². The zero-order chi connectivity index (χ0) is 9.47. The van der Waals surface area contributed by atoms with Crippen LogP contribution in [0.15, 0.2) is 6.07 Å². The van der Waals surface area contributed by atoms with Gasteiger partial charge in [0.25, 0.3) is 0 Å². The number of hydrogen-bond donors (Lipinski definition) is 2. The van der Waals surface area contributed by atoms with Gasteiger partial charge in [-0.1, -0.05) is 0 Å². The summed E-state index contributed by atoms with van der Waals surface area (Å²) in [6.45, 7) is 6.22. The Balaban J connectivity index is 2.36. The zero-order valence-corrected chi connectivity index (χ0v) is 8.04. The second kappa shape index (κ2) is 2.82. The molecule has 0 fully saturated rings. The fourth-order valence-corrected chi connectivity index (χ4v) is 1.49. The van der Waals surface area contributed by atoms with Crippen LogP contribution >= 0.6 is 0 Å². The summed E-state index contributed by atoms with van der Waals surface area (Å²) in [5.41, 5.74) is 1.08. The Morgan fingerprint density at radius 2 is 2.38 bits per heavy atom. The summed E-state index contributed by atoms with van der Waals surface area (Å²) in [4.78, 5) is 0. The fourth-order valence-electron chi connectivity index (χ4n) is 1.49. The highest BCUT2D eigenvalue weighted by molar-refractivity contribution is 5.16. The summed E-state index contributed by atoms with van der Waals surface area (Å²) < 4.78 is 1.96. The number of nitrogens with one attached hydrogen (secondary N) is 1. The van der Waals surface area contributed by atoms with E-state index in [0.29, 0.717) is 0 Å². The number of aliphatic hydroxyl groups is 1. The summed E-state index contributed by atoms with van der Waals surface area (Å²) in [6.07, 6.45) is 0. The van der Waals surface area contributed by atoms with E-state index in [1.165, 1.54) is 0 Å². The maximum Gasteiger partial charge on any atom is 0.103 e. The van der Waals surface area contributed by atoms with Crippen molar-refractivity contribution in [2.24, 2.45) is 0 Å². The molecule has 2 rings (SSSR count). The first-order valence-electron chi connectivity index (χ1n) is 4.58. The summed E-state index contributed by atoms with van der Waals surface area (Å²) in [7, 11) is 0. The molecule has 1 aliphatic heterocycles. The van der Waals surface area contributed by atoms with E-state index < -0.39 is 5.60 Å². The SMILES string of the molecule is CC(C)(O)c1cc2n(n1)CCNC2. The predicted octanol–water partition coefficient (Wildman–Crippen LogP) is 0.214. The highest BCUT2D eigenvalue weighted by Crippen LogP contribution is 2.19. The van der Waals surface area contributed by atoms with E-state index in [4.69, 9.17) is 0 Å². The molecule has 1 aromatic heterocycles. The Bertz CT molecular complexity index is 288. The second-order valence-corrected chi connectivity index (χ2v) is 3.98. The smallest absolute Gasteiger partial charge is 0.103 e. The molecular formula is C9H15N3O. The largest absolute Gasteiger partial charge is 0.384 e. The van der Waals surface area contributed by atoms with Crippen LogP contribution in [0.5, 0.6) is 0 Å². The number of rotatable bonds is 1. The van der Waals surface area contributed by atoms with Crippen molar-refractivity contribution < 1.29 is 5.11 Å². The summed E-state index contributed by atoms with van der Waals surface area (Å²) >= 11 is 0. The van der Waals surface area contributed by atoms with Crippen molar-refractivity contribution in [1.82, 2.24) is 15.1 Å². The van der Waals surface area contributed by atoms with Gasteiger partial charge in [-0.2, -0.15) is 5.10 Å². The third-order valence-corrected chi connectivity index (χ3v) is 2.30. The molecule has 4 heteroatoms. The lowest BCUT2D eigenvalue weighted by Crippen LogP contribution is -2.28. The van der Waals surface area contributed by atoms with Gasteiger partial charge in [0, 0.05) is 13.1 Å². The van der Waals surface area contributed by atoms with E-state index in [1.807, 2.05) is 10.7 Å². The van der Waals surface area contributed by atoms with Crippen LogP contribution in [-0.4, -0.2) is 21.4 Å². The molecule has 2 heterocycles. The molecular weight excluding hydrogens is 166 g/mol. The second-order valence-electron chi connectivity index (χ2n) is 3.98. The molecule has 0 bridgehead atoms. The fraction of sp³-hybridized carbons (Fsp3) is 0.667. The minimum absolute atomic E-state index is 0.756. The van der Waals surface area contributed by atoms with E-state index in [2.05, 4.69) is 10.4 Å². The van der Waals surface area contributed by atoms with Crippen LogP contribution in [0.25, 0.3) is 0 Å². The predicted molar refractivity (Wildman–Crippen MR) is 49.2 cm³/mol. The third-order valence-electron chi connectivity index (χ3n) is 2.30. The molecule has 1 aromatic rings. The van der Waals surface area contributed by atoms with Crippen molar-refractivity contribution in [2.75, 3.05) is 6.54 Å². The molecule has 0 aliphatic carbocycles. The van der Waals surface area contributed by atoms with Crippen molar-refractivity contribution in [3.63, 3.8) is 0 Å². The monoisotopic (exact) mass is 181 g/mol. The molecule has 0 saturated heterocycles. The molecule has 0 aromatic carbocycles. The van der Waals surface area contributed by atoms with Crippen LogP contribution in [0, 0.1) is 0 Å². The molecule has 0 radical (unpaired) electrons. The molecule has 1 aliphatic rings. The maximum atomic E-state index is 9.74.